The number of nitrogens with zero attached hydrogens (tertiary/aromatic N) is 2. The van der Waals surface area contributed by atoms with Crippen LogP contribution in [0, 0.1) is 0 Å². The molecule has 1 fully saturated rings. The summed E-state index contributed by atoms with van der Waals surface area (Å²) in [5.74, 6) is 1.64. The Hall–Kier alpha value is -1.94. The van der Waals surface area contributed by atoms with Crippen LogP contribution in [0.3, 0.4) is 0 Å². The molecule has 4 heteroatoms. The molecule has 2 aromatic rings. The summed E-state index contributed by atoms with van der Waals surface area (Å²) in [4.78, 5) is 9.12. The first kappa shape index (κ1) is 21.8. The van der Waals surface area contributed by atoms with Crippen molar-refractivity contribution < 1.29 is 9.47 Å². The van der Waals surface area contributed by atoms with Crippen LogP contribution >= 0.6 is 0 Å². The van der Waals surface area contributed by atoms with Crippen molar-refractivity contribution in [3.05, 3.63) is 42.2 Å². The molecule has 0 spiro atoms. The minimum atomic E-state index is 0.267. The Kier molecular flexibility index (Phi) is 8.94. The van der Waals surface area contributed by atoms with Gasteiger partial charge < -0.3 is 9.47 Å². The summed E-state index contributed by atoms with van der Waals surface area (Å²) in [6.07, 6.45) is 17.2. The molecule has 0 amide bonds. The van der Waals surface area contributed by atoms with Gasteiger partial charge in [0.1, 0.15) is 18.5 Å². The molecule has 1 aliphatic rings. The Morgan fingerprint density at radius 2 is 1.52 bits per heavy atom. The van der Waals surface area contributed by atoms with Gasteiger partial charge in [0.25, 0.3) is 0 Å². The van der Waals surface area contributed by atoms with Crippen molar-refractivity contribution in [3.63, 3.8) is 0 Å². The topological polar surface area (TPSA) is 47.5 Å². The van der Waals surface area contributed by atoms with Crippen LogP contribution in [-0.4, -0.2) is 28.8 Å². The van der Waals surface area contributed by atoms with Gasteiger partial charge in [-0.25, -0.2) is 9.97 Å². The van der Waals surface area contributed by atoms with E-state index in [-0.39, 0.29) is 6.10 Å². The summed E-state index contributed by atoms with van der Waals surface area (Å²) >= 11 is 0. The predicted molar refractivity (Wildman–Crippen MR) is 118 cm³/mol. The Balaban J connectivity index is 1.39. The average molecular weight is 397 g/mol. The van der Waals surface area contributed by atoms with Crippen molar-refractivity contribution in [2.45, 2.75) is 90.3 Å². The van der Waals surface area contributed by atoms with E-state index in [1.165, 1.54) is 56.9 Å². The summed E-state index contributed by atoms with van der Waals surface area (Å²) in [6.45, 7) is 5.10. The summed E-state index contributed by atoms with van der Waals surface area (Å²) < 4.78 is 11.5. The highest BCUT2D eigenvalue weighted by Gasteiger charge is 2.38. The van der Waals surface area contributed by atoms with Crippen molar-refractivity contribution in [1.29, 1.82) is 0 Å². The van der Waals surface area contributed by atoms with Gasteiger partial charge in [0.2, 0.25) is 0 Å². The summed E-state index contributed by atoms with van der Waals surface area (Å²) in [6, 6.07) is 8.04. The Labute approximate surface area is 176 Å². The van der Waals surface area contributed by atoms with Crippen molar-refractivity contribution in [1.82, 2.24) is 9.97 Å². The highest BCUT2D eigenvalue weighted by Crippen LogP contribution is 2.28. The fourth-order valence-corrected chi connectivity index (χ4v) is 3.61. The summed E-state index contributed by atoms with van der Waals surface area (Å²) in [5, 5.41) is 0. The first-order chi connectivity index (χ1) is 14.3. The van der Waals surface area contributed by atoms with Gasteiger partial charge in [-0.2, -0.15) is 0 Å². The quantitative estimate of drug-likeness (QED) is 0.274. The SMILES string of the molecule is CCCCCCCCc1cnc(-c2ccc(OC[C@@H]3O[C@@H]3CCCC)cc2)nc1. The van der Waals surface area contributed by atoms with E-state index in [1.807, 2.05) is 36.7 Å². The molecule has 4 nitrogen and oxygen atoms in total. The second-order valence-corrected chi connectivity index (χ2v) is 8.12. The zero-order valence-corrected chi connectivity index (χ0v) is 18.1. The standard InChI is InChI=1S/C25H36N2O2/c1-3-5-7-8-9-10-11-20-17-26-25(27-18-20)21-13-15-22(16-14-21)28-19-24-23(29-24)12-6-4-2/h13-18,23-24H,3-12,19H2,1-2H3/t23-,24+/m1/s1. The average Bonchev–Trinajstić information content (AvgIpc) is 3.52. The van der Waals surface area contributed by atoms with Gasteiger partial charge in [-0.1, -0.05) is 58.8 Å². The number of hydrogen-bond acceptors (Lipinski definition) is 4. The second-order valence-electron chi connectivity index (χ2n) is 8.12. The normalized spacial score (nSPS) is 18.0. The maximum Gasteiger partial charge on any atom is 0.159 e. The first-order valence-electron chi connectivity index (χ1n) is 11.5. The monoisotopic (exact) mass is 396 g/mol. The van der Waals surface area contributed by atoms with Crippen molar-refractivity contribution in [2.24, 2.45) is 0 Å². The zero-order valence-electron chi connectivity index (χ0n) is 18.1. The van der Waals surface area contributed by atoms with Crippen LogP contribution < -0.4 is 4.74 Å². The molecule has 0 aliphatic carbocycles. The minimum absolute atomic E-state index is 0.267. The highest BCUT2D eigenvalue weighted by molar-refractivity contribution is 5.55. The molecule has 0 unspecified atom stereocenters. The zero-order chi connectivity index (χ0) is 20.3. The molecule has 0 radical (unpaired) electrons. The lowest BCUT2D eigenvalue weighted by molar-refractivity contribution is 0.259. The molecule has 0 N–H and O–H groups in total. The first-order valence-corrected chi connectivity index (χ1v) is 11.5. The van der Waals surface area contributed by atoms with Crippen molar-refractivity contribution >= 4 is 0 Å². The molecular formula is C25H36N2O2. The molecule has 158 valence electrons. The third-order valence-corrected chi connectivity index (χ3v) is 5.58. The molecule has 0 bridgehead atoms. The fourth-order valence-electron chi connectivity index (χ4n) is 3.61. The Morgan fingerprint density at radius 3 is 2.24 bits per heavy atom. The number of ether oxygens (including phenoxy) is 2. The van der Waals surface area contributed by atoms with Gasteiger partial charge in [-0.3, -0.25) is 0 Å². The van der Waals surface area contributed by atoms with Crippen LogP contribution in [0.1, 0.15) is 77.2 Å². The number of hydrogen-bond donors (Lipinski definition) is 0. The van der Waals surface area contributed by atoms with Gasteiger partial charge in [0.15, 0.2) is 5.82 Å². The summed E-state index contributed by atoms with van der Waals surface area (Å²) in [5.41, 5.74) is 2.25. The van der Waals surface area contributed by atoms with Crippen LogP contribution in [0.2, 0.25) is 0 Å². The van der Waals surface area contributed by atoms with Crippen molar-refractivity contribution in [2.75, 3.05) is 6.61 Å². The molecule has 1 aromatic carbocycles. The minimum Gasteiger partial charge on any atom is -0.491 e. The van der Waals surface area contributed by atoms with Crippen LogP contribution in [0.25, 0.3) is 11.4 Å². The molecule has 0 saturated carbocycles. The Morgan fingerprint density at radius 1 is 0.828 bits per heavy atom. The smallest absolute Gasteiger partial charge is 0.159 e. The van der Waals surface area contributed by atoms with E-state index in [0.717, 1.165) is 30.0 Å². The van der Waals surface area contributed by atoms with Crippen LogP contribution in [0.15, 0.2) is 36.7 Å². The predicted octanol–water partition coefficient (Wildman–Crippen LogP) is 6.38. The number of aryl methyl sites for hydroxylation is 1. The van der Waals surface area contributed by atoms with Gasteiger partial charge in [0.05, 0.1) is 6.10 Å². The molecule has 2 heterocycles. The van der Waals surface area contributed by atoms with Crippen LogP contribution in [0.4, 0.5) is 0 Å². The van der Waals surface area contributed by atoms with Gasteiger partial charge >= 0.3 is 0 Å². The van der Waals surface area contributed by atoms with Crippen LogP contribution in [0.5, 0.6) is 5.75 Å². The lowest BCUT2D eigenvalue weighted by atomic mass is 10.1. The van der Waals surface area contributed by atoms with Gasteiger partial charge in [0, 0.05) is 18.0 Å². The number of unbranched alkanes of at least 4 members (excludes halogenated alkanes) is 6. The lowest BCUT2D eigenvalue weighted by Crippen LogP contribution is -2.07. The van der Waals surface area contributed by atoms with E-state index in [2.05, 4.69) is 23.8 Å². The number of rotatable bonds is 14. The highest BCUT2D eigenvalue weighted by atomic mass is 16.6. The molecule has 1 aromatic heterocycles. The molecule has 1 aliphatic heterocycles. The van der Waals surface area contributed by atoms with E-state index >= 15 is 0 Å². The lowest BCUT2D eigenvalue weighted by Gasteiger charge is -2.06. The third-order valence-electron chi connectivity index (χ3n) is 5.58. The van der Waals surface area contributed by atoms with E-state index in [0.29, 0.717) is 12.7 Å². The number of epoxide rings is 1. The Bertz CT molecular complexity index is 700. The summed E-state index contributed by atoms with van der Waals surface area (Å²) in [7, 11) is 0. The maximum atomic E-state index is 5.86. The molecule has 29 heavy (non-hydrogen) atoms. The van der Waals surface area contributed by atoms with E-state index in [4.69, 9.17) is 9.47 Å². The second kappa shape index (κ2) is 11.9. The molecule has 2 atom stereocenters. The van der Waals surface area contributed by atoms with E-state index in [1.54, 1.807) is 0 Å². The van der Waals surface area contributed by atoms with Gasteiger partial charge in [-0.05, 0) is 49.1 Å². The number of aromatic nitrogens is 2. The third kappa shape index (κ3) is 7.43. The fraction of sp³-hybridized carbons (Fsp3) is 0.600. The largest absolute Gasteiger partial charge is 0.491 e. The molecule has 1 saturated heterocycles. The maximum absolute atomic E-state index is 5.86. The van der Waals surface area contributed by atoms with E-state index in [9.17, 15) is 0 Å². The van der Waals surface area contributed by atoms with E-state index < -0.39 is 0 Å². The molecule has 3 rings (SSSR count). The van der Waals surface area contributed by atoms with Crippen molar-refractivity contribution in [3.8, 4) is 17.1 Å². The van der Waals surface area contributed by atoms with Gasteiger partial charge in [-0.15, -0.1) is 0 Å². The number of benzene rings is 1. The van der Waals surface area contributed by atoms with Crippen LogP contribution in [-0.2, 0) is 11.2 Å². The molecular weight excluding hydrogens is 360 g/mol.